The molecule has 0 aliphatic carbocycles. The molecule has 1 N–H and O–H groups in total. The van der Waals surface area contributed by atoms with E-state index < -0.39 is 11.4 Å². The van der Waals surface area contributed by atoms with Crippen LogP contribution < -0.4 is 0 Å². The van der Waals surface area contributed by atoms with E-state index in [9.17, 15) is 9.90 Å². The van der Waals surface area contributed by atoms with Crippen molar-refractivity contribution in [3.8, 4) is 0 Å². The number of rotatable bonds is 4. The predicted molar refractivity (Wildman–Crippen MR) is 77.7 cm³/mol. The molecule has 0 spiro atoms. The van der Waals surface area contributed by atoms with Gasteiger partial charge in [0, 0.05) is 18.1 Å². The Bertz CT molecular complexity index is 628. The summed E-state index contributed by atoms with van der Waals surface area (Å²) in [6, 6.07) is 5.77. The zero-order valence-corrected chi connectivity index (χ0v) is 12.2. The van der Waals surface area contributed by atoms with Gasteiger partial charge >= 0.3 is 5.97 Å². The van der Waals surface area contributed by atoms with Gasteiger partial charge in [-0.05, 0) is 38.8 Å². The average molecular weight is 280 g/mol. The summed E-state index contributed by atoms with van der Waals surface area (Å²) in [4.78, 5) is 11.3. The molecular formula is C15H18ClNO2. The number of aliphatic carboxylic acids is 1. The van der Waals surface area contributed by atoms with Crippen LogP contribution >= 0.6 is 11.6 Å². The van der Waals surface area contributed by atoms with Gasteiger partial charge < -0.3 is 9.67 Å². The molecule has 1 aromatic carbocycles. The molecular weight excluding hydrogens is 262 g/mol. The summed E-state index contributed by atoms with van der Waals surface area (Å²) in [6.07, 6.45) is 2.51. The first-order valence-corrected chi connectivity index (χ1v) is 6.74. The number of nitrogens with zero attached hydrogens (tertiary/aromatic N) is 1. The van der Waals surface area contributed by atoms with Crippen LogP contribution in [0, 0.1) is 5.41 Å². The molecule has 1 aromatic heterocycles. The van der Waals surface area contributed by atoms with E-state index >= 15 is 0 Å². The zero-order chi connectivity index (χ0) is 14.2. The molecule has 0 aliphatic heterocycles. The highest BCUT2D eigenvalue weighted by Gasteiger charge is 2.29. The number of halogens is 1. The lowest BCUT2D eigenvalue weighted by atomic mass is 9.86. The summed E-state index contributed by atoms with van der Waals surface area (Å²) < 4.78 is 2.07. The van der Waals surface area contributed by atoms with Crippen LogP contribution in [0.4, 0.5) is 0 Å². The Labute approximate surface area is 117 Å². The summed E-state index contributed by atoms with van der Waals surface area (Å²) in [5, 5.41) is 11.0. The molecule has 0 fully saturated rings. The molecule has 0 aliphatic rings. The van der Waals surface area contributed by atoms with Crippen LogP contribution in [0.25, 0.3) is 10.9 Å². The van der Waals surface area contributed by atoms with E-state index in [4.69, 9.17) is 11.6 Å². The van der Waals surface area contributed by atoms with Gasteiger partial charge in [0.1, 0.15) is 0 Å². The fraction of sp³-hybridized carbons (Fsp3) is 0.400. The van der Waals surface area contributed by atoms with E-state index in [-0.39, 0.29) is 0 Å². The standard InChI is InChI=1S/C15H18ClNO2/c1-4-17-9-10(8-15(2,3)14(18)19)11-6-5-7-12(16)13(11)17/h5-7,9H,4,8H2,1-3H3,(H,18,19). The lowest BCUT2D eigenvalue weighted by Gasteiger charge is -2.18. The van der Waals surface area contributed by atoms with Crippen molar-refractivity contribution in [2.24, 2.45) is 5.41 Å². The predicted octanol–water partition coefficient (Wildman–Crippen LogP) is 3.97. The van der Waals surface area contributed by atoms with Crippen LogP contribution in [0.1, 0.15) is 26.3 Å². The van der Waals surface area contributed by atoms with Gasteiger partial charge in [0.2, 0.25) is 0 Å². The third-order valence-corrected chi connectivity index (χ3v) is 3.79. The van der Waals surface area contributed by atoms with Crippen molar-refractivity contribution in [1.82, 2.24) is 4.57 Å². The summed E-state index contributed by atoms with van der Waals surface area (Å²) in [6.45, 7) is 6.35. The molecule has 1 heterocycles. The number of hydrogen-bond acceptors (Lipinski definition) is 1. The van der Waals surface area contributed by atoms with Crippen LogP contribution in [0.2, 0.25) is 5.02 Å². The number of hydrogen-bond donors (Lipinski definition) is 1. The summed E-state index contributed by atoms with van der Waals surface area (Å²) in [5.41, 5.74) is 1.24. The monoisotopic (exact) mass is 279 g/mol. The van der Waals surface area contributed by atoms with Gasteiger partial charge in [-0.25, -0.2) is 0 Å². The quantitative estimate of drug-likeness (QED) is 0.920. The Morgan fingerprint density at radius 1 is 1.42 bits per heavy atom. The molecule has 0 unspecified atom stereocenters. The Balaban J connectivity index is 2.57. The Hall–Kier alpha value is -1.48. The summed E-state index contributed by atoms with van der Waals surface area (Å²) in [5.74, 6) is -0.785. The molecule has 19 heavy (non-hydrogen) atoms. The van der Waals surface area contributed by atoms with Crippen molar-refractivity contribution >= 4 is 28.5 Å². The first kappa shape index (κ1) is 13.9. The number of carboxylic acid groups (broad SMARTS) is 1. The summed E-state index contributed by atoms with van der Waals surface area (Å²) >= 11 is 6.25. The molecule has 0 radical (unpaired) electrons. The van der Waals surface area contributed by atoms with Gasteiger partial charge in [-0.3, -0.25) is 4.79 Å². The van der Waals surface area contributed by atoms with Gasteiger partial charge in [-0.2, -0.15) is 0 Å². The van der Waals surface area contributed by atoms with Crippen molar-refractivity contribution in [1.29, 1.82) is 0 Å². The van der Waals surface area contributed by atoms with Crippen LogP contribution in [-0.4, -0.2) is 15.6 Å². The van der Waals surface area contributed by atoms with Crippen molar-refractivity contribution in [3.05, 3.63) is 35.0 Å². The second kappa shape index (κ2) is 4.89. The maximum absolute atomic E-state index is 11.3. The van der Waals surface area contributed by atoms with Gasteiger partial charge in [0.25, 0.3) is 0 Å². The smallest absolute Gasteiger partial charge is 0.309 e. The molecule has 0 saturated carbocycles. The highest BCUT2D eigenvalue weighted by Crippen LogP contribution is 2.32. The van der Waals surface area contributed by atoms with Crippen LogP contribution in [0.5, 0.6) is 0 Å². The molecule has 2 rings (SSSR count). The molecule has 2 aromatic rings. The van der Waals surface area contributed by atoms with Gasteiger partial charge in [0.05, 0.1) is 16.0 Å². The summed E-state index contributed by atoms with van der Waals surface area (Å²) in [7, 11) is 0. The second-order valence-corrected chi connectivity index (χ2v) is 5.85. The highest BCUT2D eigenvalue weighted by molar-refractivity contribution is 6.35. The minimum atomic E-state index is -0.785. The van der Waals surface area contributed by atoms with E-state index in [1.807, 2.05) is 24.4 Å². The van der Waals surface area contributed by atoms with Crippen molar-refractivity contribution in [2.45, 2.75) is 33.7 Å². The number of aromatic nitrogens is 1. The first-order valence-electron chi connectivity index (χ1n) is 6.36. The molecule has 4 heteroatoms. The molecule has 102 valence electrons. The van der Waals surface area contributed by atoms with Crippen molar-refractivity contribution in [2.75, 3.05) is 0 Å². The van der Waals surface area contributed by atoms with Gasteiger partial charge in [0.15, 0.2) is 0 Å². The molecule has 3 nitrogen and oxygen atoms in total. The molecule has 0 atom stereocenters. The highest BCUT2D eigenvalue weighted by atomic mass is 35.5. The third-order valence-electron chi connectivity index (χ3n) is 3.48. The SMILES string of the molecule is CCn1cc(CC(C)(C)C(=O)O)c2cccc(Cl)c21. The fourth-order valence-corrected chi connectivity index (χ4v) is 2.61. The minimum Gasteiger partial charge on any atom is -0.481 e. The number of fused-ring (bicyclic) bond motifs is 1. The Morgan fingerprint density at radius 2 is 2.11 bits per heavy atom. The maximum Gasteiger partial charge on any atom is 0.309 e. The zero-order valence-electron chi connectivity index (χ0n) is 11.4. The number of para-hydroxylation sites is 1. The first-order chi connectivity index (χ1) is 8.86. The number of benzene rings is 1. The topological polar surface area (TPSA) is 42.2 Å². The van der Waals surface area contributed by atoms with Crippen LogP contribution in [0.3, 0.4) is 0 Å². The lowest BCUT2D eigenvalue weighted by Crippen LogP contribution is -2.26. The normalized spacial score (nSPS) is 12.0. The molecule has 0 saturated heterocycles. The van der Waals surface area contributed by atoms with E-state index in [0.717, 1.165) is 23.0 Å². The lowest BCUT2D eigenvalue weighted by molar-refractivity contribution is -0.146. The largest absolute Gasteiger partial charge is 0.481 e. The number of aryl methyl sites for hydroxylation is 1. The van der Waals surface area contributed by atoms with Crippen LogP contribution in [-0.2, 0) is 17.8 Å². The number of carboxylic acids is 1. The Morgan fingerprint density at radius 3 is 2.68 bits per heavy atom. The van der Waals surface area contributed by atoms with E-state index in [0.29, 0.717) is 11.4 Å². The van der Waals surface area contributed by atoms with E-state index in [1.165, 1.54) is 0 Å². The fourth-order valence-electron chi connectivity index (χ4n) is 2.33. The average Bonchev–Trinajstić information content (AvgIpc) is 2.68. The van der Waals surface area contributed by atoms with E-state index in [1.54, 1.807) is 13.8 Å². The minimum absolute atomic E-state index is 0.492. The maximum atomic E-state index is 11.3. The van der Waals surface area contributed by atoms with E-state index in [2.05, 4.69) is 11.5 Å². The number of carbonyl (C=O) groups is 1. The van der Waals surface area contributed by atoms with Gasteiger partial charge in [-0.15, -0.1) is 0 Å². The van der Waals surface area contributed by atoms with Crippen molar-refractivity contribution < 1.29 is 9.90 Å². The van der Waals surface area contributed by atoms with Gasteiger partial charge in [-0.1, -0.05) is 23.7 Å². The van der Waals surface area contributed by atoms with Crippen molar-refractivity contribution in [3.63, 3.8) is 0 Å². The Kier molecular flexibility index (Phi) is 3.59. The van der Waals surface area contributed by atoms with Crippen LogP contribution in [0.15, 0.2) is 24.4 Å². The second-order valence-electron chi connectivity index (χ2n) is 5.44. The third kappa shape index (κ3) is 2.47. The molecule has 0 amide bonds. The molecule has 0 bridgehead atoms.